The average Bonchev–Trinajstić information content (AvgIpc) is 2.83. The van der Waals surface area contributed by atoms with Crippen LogP contribution in [-0.2, 0) is 17.8 Å². The molecule has 114 valence electrons. The van der Waals surface area contributed by atoms with Crippen LogP contribution in [0.25, 0.3) is 0 Å². The number of hydrogen-bond acceptors (Lipinski definition) is 2. The van der Waals surface area contributed by atoms with Crippen LogP contribution >= 0.6 is 23.2 Å². The molecule has 3 rings (SSSR count). The molecule has 0 spiro atoms. The molecule has 1 heterocycles. The van der Waals surface area contributed by atoms with Gasteiger partial charge in [-0.15, -0.1) is 0 Å². The number of carbonyl (C=O) groups is 1. The molecular weight excluding hydrogens is 307 g/mol. The van der Waals surface area contributed by atoms with Crippen molar-refractivity contribution < 1.29 is 4.79 Å². The first kappa shape index (κ1) is 15.1. The highest BCUT2D eigenvalue weighted by molar-refractivity contribution is 6.35. The molecule has 0 radical (unpaired) electrons. The van der Waals surface area contributed by atoms with Crippen LogP contribution < -0.4 is 5.73 Å². The second-order valence-electron chi connectivity index (χ2n) is 6.15. The van der Waals surface area contributed by atoms with Gasteiger partial charge in [-0.05, 0) is 48.4 Å². The summed E-state index contributed by atoms with van der Waals surface area (Å²) in [6.07, 6.45) is 4.66. The molecule has 0 unspecified atom stereocenters. The fraction of sp³-hybridized carbons (Fsp3) is 0.562. The molecule has 1 fully saturated rings. The number of benzene rings is 1. The van der Waals surface area contributed by atoms with Crippen LogP contribution in [0.2, 0.25) is 10.0 Å². The molecule has 1 aromatic carbocycles. The van der Waals surface area contributed by atoms with Gasteiger partial charge in [0.25, 0.3) is 0 Å². The molecule has 2 aliphatic rings. The van der Waals surface area contributed by atoms with Gasteiger partial charge >= 0.3 is 0 Å². The SMILES string of the molecule is N[C@@H]1CCC[C@H]1CC(=O)N1CCc2cc(Cl)cc(Cl)c2C1. The molecule has 0 bridgehead atoms. The molecule has 1 aromatic rings. The summed E-state index contributed by atoms with van der Waals surface area (Å²) in [6.45, 7) is 1.33. The van der Waals surface area contributed by atoms with E-state index in [0.29, 0.717) is 28.9 Å². The Labute approximate surface area is 135 Å². The number of carbonyl (C=O) groups excluding carboxylic acids is 1. The predicted molar refractivity (Wildman–Crippen MR) is 85.5 cm³/mol. The molecule has 1 amide bonds. The molecule has 21 heavy (non-hydrogen) atoms. The van der Waals surface area contributed by atoms with Crippen LogP contribution in [0.15, 0.2) is 12.1 Å². The summed E-state index contributed by atoms with van der Waals surface area (Å²) in [5, 5.41) is 1.32. The number of hydrogen-bond donors (Lipinski definition) is 1. The zero-order valence-electron chi connectivity index (χ0n) is 11.9. The zero-order chi connectivity index (χ0) is 15.0. The number of rotatable bonds is 2. The van der Waals surface area contributed by atoms with E-state index in [1.165, 1.54) is 0 Å². The fourth-order valence-corrected chi connectivity index (χ4v) is 4.06. The van der Waals surface area contributed by atoms with Gasteiger partial charge in [0, 0.05) is 35.6 Å². The summed E-state index contributed by atoms with van der Waals surface area (Å²) in [5.41, 5.74) is 8.27. The van der Waals surface area contributed by atoms with Crippen molar-refractivity contribution in [1.29, 1.82) is 0 Å². The van der Waals surface area contributed by atoms with Crippen molar-refractivity contribution in [3.63, 3.8) is 0 Å². The minimum atomic E-state index is 0.188. The van der Waals surface area contributed by atoms with E-state index in [-0.39, 0.29) is 11.9 Å². The molecule has 0 saturated heterocycles. The molecule has 1 aliphatic carbocycles. The minimum Gasteiger partial charge on any atom is -0.338 e. The summed E-state index contributed by atoms with van der Waals surface area (Å²) in [4.78, 5) is 14.4. The number of nitrogens with zero attached hydrogens (tertiary/aromatic N) is 1. The summed E-state index contributed by atoms with van der Waals surface area (Å²) < 4.78 is 0. The van der Waals surface area contributed by atoms with Crippen molar-refractivity contribution >= 4 is 29.1 Å². The van der Waals surface area contributed by atoms with Crippen molar-refractivity contribution in [3.05, 3.63) is 33.3 Å². The van der Waals surface area contributed by atoms with Crippen LogP contribution in [0.4, 0.5) is 0 Å². The van der Waals surface area contributed by atoms with Gasteiger partial charge in [0.1, 0.15) is 0 Å². The van der Waals surface area contributed by atoms with Gasteiger partial charge in [-0.1, -0.05) is 29.6 Å². The Bertz CT molecular complexity index is 561. The Balaban J connectivity index is 1.69. The first-order chi connectivity index (χ1) is 10.0. The molecule has 1 aliphatic heterocycles. The Kier molecular flexibility index (Phi) is 4.43. The molecule has 1 saturated carbocycles. The van der Waals surface area contributed by atoms with Crippen LogP contribution in [0.5, 0.6) is 0 Å². The molecular formula is C16H20Cl2N2O. The van der Waals surface area contributed by atoms with E-state index in [2.05, 4.69) is 0 Å². The van der Waals surface area contributed by atoms with E-state index in [0.717, 1.165) is 43.4 Å². The third kappa shape index (κ3) is 3.20. The Morgan fingerprint density at radius 3 is 2.86 bits per heavy atom. The highest BCUT2D eigenvalue weighted by Crippen LogP contribution is 2.32. The van der Waals surface area contributed by atoms with Crippen LogP contribution in [0.1, 0.15) is 36.8 Å². The maximum Gasteiger partial charge on any atom is 0.223 e. The first-order valence-corrected chi connectivity index (χ1v) is 8.30. The highest BCUT2D eigenvalue weighted by atomic mass is 35.5. The zero-order valence-corrected chi connectivity index (χ0v) is 13.5. The predicted octanol–water partition coefficient (Wildman–Crippen LogP) is 3.40. The van der Waals surface area contributed by atoms with Crippen molar-refractivity contribution in [3.8, 4) is 0 Å². The first-order valence-electron chi connectivity index (χ1n) is 7.54. The molecule has 5 heteroatoms. The number of amides is 1. The normalized spacial score (nSPS) is 25.0. The summed E-state index contributed by atoms with van der Waals surface area (Å²) in [7, 11) is 0. The summed E-state index contributed by atoms with van der Waals surface area (Å²) >= 11 is 12.3. The van der Waals surface area contributed by atoms with Gasteiger partial charge in [0.05, 0.1) is 0 Å². The molecule has 3 nitrogen and oxygen atoms in total. The standard InChI is InChI=1S/C16H20Cl2N2O/c17-12-6-10-4-5-20(9-13(10)14(18)8-12)16(21)7-11-2-1-3-15(11)19/h6,8,11,15H,1-5,7,9,19H2/t11-,15+/m0/s1. The monoisotopic (exact) mass is 326 g/mol. The van der Waals surface area contributed by atoms with Crippen LogP contribution in [-0.4, -0.2) is 23.4 Å². The van der Waals surface area contributed by atoms with Gasteiger partial charge in [-0.2, -0.15) is 0 Å². The van der Waals surface area contributed by atoms with E-state index >= 15 is 0 Å². The van der Waals surface area contributed by atoms with Gasteiger partial charge < -0.3 is 10.6 Å². The van der Waals surface area contributed by atoms with Crippen molar-refractivity contribution in [1.82, 2.24) is 4.90 Å². The summed E-state index contributed by atoms with van der Waals surface area (Å²) in [6, 6.07) is 3.90. The van der Waals surface area contributed by atoms with Crippen molar-refractivity contribution in [2.24, 2.45) is 11.7 Å². The van der Waals surface area contributed by atoms with Gasteiger partial charge in [-0.25, -0.2) is 0 Å². The van der Waals surface area contributed by atoms with E-state index in [9.17, 15) is 4.79 Å². The topological polar surface area (TPSA) is 46.3 Å². The maximum atomic E-state index is 12.5. The molecule has 2 atom stereocenters. The lowest BCUT2D eigenvalue weighted by Crippen LogP contribution is -2.38. The van der Waals surface area contributed by atoms with Crippen molar-refractivity contribution in [2.45, 2.75) is 44.7 Å². The van der Waals surface area contributed by atoms with Gasteiger partial charge in [0.15, 0.2) is 0 Å². The summed E-state index contributed by atoms with van der Waals surface area (Å²) in [5.74, 6) is 0.550. The lowest BCUT2D eigenvalue weighted by Gasteiger charge is -2.31. The second kappa shape index (κ2) is 6.15. The van der Waals surface area contributed by atoms with E-state index < -0.39 is 0 Å². The van der Waals surface area contributed by atoms with E-state index in [1.54, 1.807) is 6.07 Å². The second-order valence-corrected chi connectivity index (χ2v) is 6.99. The molecule has 0 aromatic heterocycles. The lowest BCUT2D eigenvalue weighted by atomic mass is 9.96. The smallest absolute Gasteiger partial charge is 0.223 e. The number of nitrogens with two attached hydrogens (primary N) is 1. The van der Waals surface area contributed by atoms with Crippen LogP contribution in [0.3, 0.4) is 0 Å². The maximum absolute atomic E-state index is 12.5. The number of fused-ring (bicyclic) bond motifs is 1. The van der Waals surface area contributed by atoms with Crippen molar-refractivity contribution in [2.75, 3.05) is 6.54 Å². The fourth-order valence-electron chi connectivity index (χ4n) is 3.47. The van der Waals surface area contributed by atoms with Crippen LogP contribution in [0, 0.1) is 5.92 Å². The minimum absolute atomic E-state index is 0.188. The van der Waals surface area contributed by atoms with E-state index in [1.807, 2.05) is 11.0 Å². The lowest BCUT2D eigenvalue weighted by molar-refractivity contribution is -0.133. The Morgan fingerprint density at radius 2 is 2.14 bits per heavy atom. The van der Waals surface area contributed by atoms with Gasteiger partial charge in [-0.3, -0.25) is 4.79 Å². The van der Waals surface area contributed by atoms with Gasteiger partial charge in [0.2, 0.25) is 5.91 Å². The highest BCUT2D eigenvalue weighted by Gasteiger charge is 2.29. The molecule has 2 N–H and O–H groups in total. The number of halogens is 2. The largest absolute Gasteiger partial charge is 0.338 e. The quantitative estimate of drug-likeness (QED) is 0.905. The third-order valence-electron chi connectivity index (χ3n) is 4.76. The Hall–Kier alpha value is -0.770. The third-order valence-corrected chi connectivity index (χ3v) is 5.32. The van der Waals surface area contributed by atoms with E-state index in [4.69, 9.17) is 28.9 Å². The Morgan fingerprint density at radius 1 is 1.33 bits per heavy atom. The average molecular weight is 327 g/mol.